The molecule has 1 aromatic carbocycles. The summed E-state index contributed by atoms with van der Waals surface area (Å²) in [6, 6.07) is 10.5. The molecule has 16 heavy (non-hydrogen) atoms. The number of hydrogen-bond acceptors (Lipinski definition) is 2. The van der Waals surface area contributed by atoms with E-state index in [2.05, 4.69) is 42.6 Å². The second-order valence-electron chi connectivity index (χ2n) is 4.16. The third-order valence-electron chi connectivity index (χ3n) is 2.64. The molecule has 2 rings (SSSR count). The molecule has 0 amide bonds. The summed E-state index contributed by atoms with van der Waals surface area (Å²) in [5.41, 5.74) is 3.64. The third kappa shape index (κ3) is 2.45. The minimum atomic E-state index is 0.812. The van der Waals surface area contributed by atoms with Gasteiger partial charge in [-0.1, -0.05) is 12.1 Å². The Hall–Kier alpha value is -1.70. The summed E-state index contributed by atoms with van der Waals surface area (Å²) in [7, 11) is 0. The molecule has 2 heteroatoms. The maximum absolute atomic E-state index is 5.49. The lowest BCUT2D eigenvalue weighted by molar-refractivity contribution is 0.501. The number of benzene rings is 1. The van der Waals surface area contributed by atoms with Gasteiger partial charge in [0.15, 0.2) is 0 Å². The van der Waals surface area contributed by atoms with Gasteiger partial charge in [-0.15, -0.1) is 0 Å². The second-order valence-corrected chi connectivity index (χ2v) is 4.16. The molecule has 0 spiro atoms. The van der Waals surface area contributed by atoms with Gasteiger partial charge in [0.1, 0.15) is 11.5 Å². The molecule has 0 aliphatic carbocycles. The maximum atomic E-state index is 5.49. The van der Waals surface area contributed by atoms with Crippen LogP contribution in [-0.2, 0) is 6.54 Å². The third-order valence-corrected chi connectivity index (χ3v) is 2.64. The van der Waals surface area contributed by atoms with E-state index in [4.69, 9.17) is 4.42 Å². The van der Waals surface area contributed by atoms with Crippen LogP contribution in [0.1, 0.15) is 22.6 Å². The fraction of sp³-hybridized carbons (Fsp3) is 0.286. The second kappa shape index (κ2) is 4.44. The van der Waals surface area contributed by atoms with Crippen molar-refractivity contribution in [1.82, 2.24) is 0 Å². The number of hydrogen-bond donors (Lipinski definition) is 1. The highest BCUT2D eigenvalue weighted by Gasteiger charge is 2.03. The quantitative estimate of drug-likeness (QED) is 0.842. The minimum Gasteiger partial charge on any atom is -0.466 e. The van der Waals surface area contributed by atoms with E-state index in [-0.39, 0.29) is 0 Å². The highest BCUT2D eigenvalue weighted by Crippen LogP contribution is 2.16. The lowest BCUT2D eigenvalue weighted by Gasteiger charge is -2.06. The lowest BCUT2D eigenvalue weighted by Crippen LogP contribution is -1.99. The molecule has 1 N–H and O–H groups in total. The van der Waals surface area contributed by atoms with Gasteiger partial charge in [-0.2, -0.15) is 0 Å². The Bertz CT molecular complexity index is 485. The van der Waals surface area contributed by atoms with E-state index in [1.54, 1.807) is 0 Å². The zero-order chi connectivity index (χ0) is 11.5. The Labute approximate surface area is 96.3 Å². The molecule has 0 aliphatic heterocycles. The van der Waals surface area contributed by atoms with Crippen molar-refractivity contribution in [3.05, 3.63) is 53.0 Å². The van der Waals surface area contributed by atoms with Crippen molar-refractivity contribution in [3.8, 4) is 0 Å². The fourth-order valence-electron chi connectivity index (χ4n) is 1.81. The van der Waals surface area contributed by atoms with Crippen LogP contribution in [0.4, 0.5) is 5.69 Å². The SMILES string of the molecule is Cc1cccc(NCc2cc(C)oc2C)c1. The first-order valence-electron chi connectivity index (χ1n) is 5.51. The first kappa shape index (κ1) is 10.8. The van der Waals surface area contributed by atoms with Gasteiger partial charge >= 0.3 is 0 Å². The fourth-order valence-corrected chi connectivity index (χ4v) is 1.81. The van der Waals surface area contributed by atoms with Gasteiger partial charge in [-0.05, 0) is 44.5 Å². The van der Waals surface area contributed by atoms with Crippen LogP contribution in [0.3, 0.4) is 0 Å². The van der Waals surface area contributed by atoms with Crippen molar-refractivity contribution in [3.63, 3.8) is 0 Å². The van der Waals surface area contributed by atoms with Crippen molar-refractivity contribution in [2.24, 2.45) is 0 Å². The molecule has 1 aromatic heterocycles. The van der Waals surface area contributed by atoms with E-state index in [9.17, 15) is 0 Å². The number of anilines is 1. The standard InChI is InChI=1S/C14H17NO/c1-10-5-4-6-14(7-10)15-9-13-8-11(2)16-12(13)3/h4-8,15H,9H2,1-3H3. The van der Waals surface area contributed by atoms with E-state index in [0.717, 1.165) is 23.8 Å². The Morgan fingerprint density at radius 3 is 2.56 bits per heavy atom. The summed E-state index contributed by atoms with van der Waals surface area (Å²) in [4.78, 5) is 0. The van der Waals surface area contributed by atoms with Crippen LogP contribution in [-0.4, -0.2) is 0 Å². The maximum Gasteiger partial charge on any atom is 0.106 e. The zero-order valence-corrected chi connectivity index (χ0v) is 10.0. The predicted molar refractivity (Wildman–Crippen MR) is 66.7 cm³/mol. The number of aryl methyl sites for hydroxylation is 3. The average molecular weight is 215 g/mol. The van der Waals surface area contributed by atoms with E-state index < -0.39 is 0 Å². The van der Waals surface area contributed by atoms with Crippen LogP contribution >= 0.6 is 0 Å². The highest BCUT2D eigenvalue weighted by molar-refractivity contribution is 5.46. The lowest BCUT2D eigenvalue weighted by atomic mass is 10.2. The largest absolute Gasteiger partial charge is 0.466 e. The molecule has 0 unspecified atom stereocenters. The molecule has 0 radical (unpaired) electrons. The summed E-state index contributed by atoms with van der Waals surface area (Å²) in [5.74, 6) is 1.97. The van der Waals surface area contributed by atoms with Crippen molar-refractivity contribution < 1.29 is 4.42 Å². The van der Waals surface area contributed by atoms with Gasteiger partial charge in [-0.25, -0.2) is 0 Å². The monoisotopic (exact) mass is 215 g/mol. The van der Waals surface area contributed by atoms with Gasteiger partial charge in [0.25, 0.3) is 0 Å². The molecule has 1 heterocycles. The van der Waals surface area contributed by atoms with Crippen LogP contribution < -0.4 is 5.32 Å². The smallest absolute Gasteiger partial charge is 0.106 e. The molecule has 84 valence electrons. The molecule has 0 fully saturated rings. The number of rotatable bonds is 3. The molecular weight excluding hydrogens is 198 g/mol. The summed E-state index contributed by atoms with van der Waals surface area (Å²) in [6.07, 6.45) is 0. The first-order chi connectivity index (χ1) is 7.65. The molecule has 0 bridgehead atoms. The van der Waals surface area contributed by atoms with E-state index >= 15 is 0 Å². The first-order valence-corrected chi connectivity index (χ1v) is 5.51. The van der Waals surface area contributed by atoms with E-state index in [1.165, 1.54) is 11.1 Å². The number of furan rings is 1. The van der Waals surface area contributed by atoms with Gasteiger partial charge in [-0.3, -0.25) is 0 Å². The molecule has 2 aromatic rings. The van der Waals surface area contributed by atoms with Gasteiger partial charge in [0, 0.05) is 17.8 Å². The molecule has 0 atom stereocenters. The Balaban J connectivity index is 2.05. The van der Waals surface area contributed by atoms with Crippen LogP contribution in [0.25, 0.3) is 0 Å². The van der Waals surface area contributed by atoms with Crippen molar-refractivity contribution in [2.45, 2.75) is 27.3 Å². The Morgan fingerprint density at radius 1 is 1.12 bits per heavy atom. The van der Waals surface area contributed by atoms with Gasteiger partial charge in [0.05, 0.1) is 0 Å². The van der Waals surface area contributed by atoms with Crippen molar-refractivity contribution >= 4 is 5.69 Å². The molecule has 0 saturated carbocycles. The van der Waals surface area contributed by atoms with E-state index in [1.807, 2.05) is 13.8 Å². The van der Waals surface area contributed by atoms with Gasteiger partial charge in [0.2, 0.25) is 0 Å². The van der Waals surface area contributed by atoms with Crippen molar-refractivity contribution in [1.29, 1.82) is 0 Å². The minimum absolute atomic E-state index is 0.812. The summed E-state index contributed by atoms with van der Waals surface area (Å²) < 4.78 is 5.49. The topological polar surface area (TPSA) is 25.2 Å². The Kier molecular flexibility index (Phi) is 3.00. The van der Waals surface area contributed by atoms with Crippen LogP contribution in [0.2, 0.25) is 0 Å². The van der Waals surface area contributed by atoms with E-state index in [0.29, 0.717) is 0 Å². The average Bonchev–Trinajstić information content (AvgIpc) is 2.54. The summed E-state index contributed by atoms with van der Waals surface area (Å²) in [6.45, 7) is 6.88. The van der Waals surface area contributed by atoms with Crippen LogP contribution in [0.5, 0.6) is 0 Å². The summed E-state index contributed by atoms with van der Waals surface area (Å²) >= 11 is 0. The Morgan fingerprint density at radius 2 is 1.94 bits per heavy atom. The normalized spacial score (nSPS) is 10.4. The van der Waals surface area contributed by atoms with Gasteiger partial charge < -0.3 is 9.73 Å². The molecule has 2 nitrogen and oxygen atoms in total. The molecule has 0 saturated heterocycles. The zero-order valence-electron chi connectivity index (χ0n) is 10.0. The van der Waals surface area contributed by atoms with Crippen molar-refractivity contribution in [2.75, 3.05) is 5.32 Å². The molecular formula is C14H17NO. The van der Waals surface area contributed by atoms with Crippen LogP contribution in [0.15, 0.2) is 34.7 Å². The predicted octanol–water partition coefficient (Wildman–Crippen LogP) is 3.82. The highest BCUT2D eigenvalue weighted by atomic mass is 16.3. The number of nitrogens with one attached hydrogen (secondary N) is 1. The summed E-state index contributed by atoms with van der Waals surface area (Å²) in [5, 5.41) is 3.40. The molecule has 0 aliphatic rings. The van der Waals surface area contributed by atoms with Crippen LogP contribution in [0, 0.1) is 20.8 Å².